The Kier molecular flexibility index (Phi) is 4.45. The smallest absolute Gasteiger partial charge is 0.0651 e. The minimum absolute atomic E-state index is 0.504. The number of H-pyrrole nitrogens is 1. The van der Waals surface area contributed by atoms with Crippen LogP contribution in [0.15, 0.2) is 42.6 Å². The first-order valence-corrected chi connectivity index (χ1v) is 9.15. The maximum Gasteiger partial charge on any atom is 0.0651 e. The molecule has 25 heavy (non-hydrogen) atoms. The van der Waals surface area contributed by atoms with Crippen LogP contribution in [0.25, 0.3) is 10.9 Å². The summed E-state index contributed by atoms with van der Waals surface area (Å²) in [5, 5.41) is 12.0. The van der Waals surface area contributed by atoms with Crippen LogP contribution in [-0.4, -0.2) is 34.2 Å². The molecule has 0 radical (unpaired) electrons. The molecule has 4 heteroatoms. The van der Waals surface area contributed by atoms with Gasteiger partial charge >= 0.3 is 0 Å². The highest BCUT2D eigenvalue weighted by atomic mass is 15.2. The Morgan fingerprint density at radius 1 is 1.20 bits per heavy atom. The molecule has 1 aromatic heterocycles. The predicted molar refractivity (Wildman–Crippen MR) is 104 cm³/mol. The Balaban J connectivity index is 1.41. The average molecular weight is 334 g/mol. The van der Waals surface area contributed by atoms with E-state index in [-0.39, 0.29) is 0 Å². The van der Waals surface area contributed by atoms with Crippen LogP contribution in [0.2, 0.25) is 0 Å². The second-order valence-corrected chi connectivity index (χ2v) is 7.32. The Morgan fingerprint density at radius 3 is 3.00 bits per heavy atom. The molecule has 130 valence electrons. The van der Waals surface area contributed by atoms with Gasteiger partial charge in [-0.25, -0.2) is 0 Å². The molecule has 4 rings (SSSR count). The molecule has 1 aliphatic rings. The predicted octanol–water partition coefficient (Wildman–Crippen LogP) is 4.26. The van der Waals surface area contributed by atoms with Crippen LogP contribution >= 0.6 is 0 Å². The van der Waals surface area contributed by atoms with Gasteiger partial charge < -0.3 is 5.32 Å². The number of aromatic nitrogens is 2. The summed E-state index contributed by atoms with van der Waals surface area (Å²) >= 11 is 0. The summed E-state index contributed by atoms with van der Waals surface area (Å²) in [6.07, 6.45) is 4.36. The molecular formula is C21H26N4. The van der Waals surface area contributed by atoms with Crippen LogP contribution in [0.3, 0.4) is 0 Å². The van der Waals surface area contributed by atoms with Gasteiger partial charge in [-0.1, -0.05) is 23.8 Å². The molecule has 0 bridgehead atoms. The molecule has 0 saturated carbocycles. The average Bonchev–Trinajstić information content (AvgIpc) is 3.05. The van der Waals surface area contributed by atoms with Gasteiger partial charge in [0.2, 0.25) is 0 Å². The zero-order valence-electron chi connectivity index (χ0n) is 15.0. The first-order chi connectivity index (χ1) is 12.2. The molecule has 2 aromatic carbocycles. The number of aromatic amines is 1. The van der Waals surface area contributed by atoms with Crippen molar-refractivity contribution >= 4 is 16.6 Å². The summed E-state index contributed by atoms with van der Waals surface area (Å²) in [5.41, 5.74) is 6.47. The lowest BCUT2D eigenvalue weighted by molar-refractivity contribution is 0.208. The van der Waals surface area contributed by atoms with E-state index >= 15 is 0 Å². The number of benzene rings is 2. The van der Waals surface area contributed by atoms with Crippen molar-refractivity contribution in [2.24, 2.45) is 0 Å². The highest BCUT2D eigenvalue weighted by molar-refractivity contribution is 5.81. The van der Waals surface area contributed by atoms with Crippen molar-refractivity contribution in [1.29, 1.82) is 0 Å². The molecule has 0 spiro atoms. The van der Waals surface area contributed by atoms with Crippen molar-refractivity contribution in [3.63, 3.8) is 0 Å². The van der Waals surface area contributed by atoms with Gasteiger partial charge in [0, 0.05) is 30.2 Å². The van der Waals surface area contributed by atoms with E-state index in [1.54, 1.807) is 0 Å². The summed E-state index contributed by atoms with van der Waals surface area (Å²) < 4.78 is 0. The normalized spacial score (nSPS) is 18.6. The van der Waals surface area contributed by atoms with Crippen molar-refractivity contribution in [3.05, 3.63) is 59.3 Å². The third-order valence-corrected chi connectivity index (χ3v) is 5.21. The van der Waals surface area contributed by atoms with E-state index in [4.69, 9.17) is 0 Å². The van der Waals surface area contributed by atoms with Gasteiger partial charge in [0.25, 0.3) is 0 Å². The number of hydrogen-bond donors (Lipinski definition) is 2. The standard InChI is InChI=1S/C21H26N4/c1-15-5-6-17(16(2)10-15)13-25-9-3-4-20(14-25)23-19-7-8-21-18(11-19)12-22-24-21/h5-8,10-12,20,23H,3-4,9,13-14H2,1-2H3,(H,22,24)/t20-/m1/s1. The Bertz CT molecular complexity index is 867. The Labute approximate surface area is 149 Å². The van der Waals surface area contributed by atoms with E-state index in [2.05, 4.69) is 70.7 Å². The van der Waals surface area contributed by atoms with Gasteiger partial charge in [0.05, 0.1) is 11.7 Å². The molecule has 1 atom stereocenters. The number of aryl methyl sites for hydroxylation is 2. The van der Waals surface area contributed by atoms with Gasteiger partial charge in [-0.3, -0.25) is 10.00 Å². The van der Waals surface area contributed by atoms with Crippen molar-refractivity contribution in [2.45, 2.75) is 39.3 Å². The molecule has 0 aliphatic carbocycles. The molecular weight excluding hydrogens is 308 g/mol. The molecule has 4 nitrogen and oxygen atoms in total. The quantitative estimate of drug-likeness (QED) is 0.749. The minimum Gasteiger partial charge on any atom is -0.381 e. The summed E-state index contributed by atoms with van der Waals surface area (Å²) in [5.74, 6) is 0. The fourth-order valence-corrected chi connectivity index (χ4v) is 3.85. The number of nitrogens with zero attached hydrogens (tertiary/aromatic N) is 2. The fourth-order valence-electron chi connectivity index (χ4n) is 3.85. The number of rotatable bonds is 4. The molecule has 3 aromatic rings. The van der Waals surface area contributed by atoms with Crippen molar-refractivity contribution in [3.8, 4) is 0 Å². The molecule has 1 saturated heterocycles. The lowest BCUT2D eigenvalue weighted by Crippen LogP contribution is -2.41. The van der Waals surface area contributed by atoms with E-state index in [9.17, 15) is 0 Å². The topological polar surface area (TPSA) is 44.0 Å². The molecule has 1 fully saturated rings. The van der Waals surface area contributed by atoms with Crippen LogP contribution in [-0.2, 0) is 6.54 Å². The van der Waals surface area contributed by atoms with E-state index < -0.39 is 0 Å². The number of hydrogen-bond acceptors (Lipinski definition) is 3. The lowest BCUT2D eigenvalue weighted by Gasteiger charge is -2.34. The van der Waals surface area contributed by atoms with Crippen LogP contribution in [0.4, 0.5) is 5.69 Å². The SMILES string of the molecule is Cc1ccc(CN2CCC[C@@H](Nc3ccc4[nH]ncc4c3)C2)c(C)c1. The van der Waals surface area contributed by atoms with Crippen LogP contribution in [0.1, 0.15) is 29.5 Å². The van der Waals surface area contributed by atoms with Crippen LogP contribution in [0.5, 0.6) is 0 Å². The maximum atomic E-state index is 4.10. The summed E-state index contributed by atoms with van der Waals surface area (Å²) in [6.45, 7) is 7.71. The Hall–Kier alpha value is -2.33. The van der Waals surface area contributed by atoms with Gasteiger partial charge in [0.1, 0.15) is 0 Å². The van der Waals surface area contributed by atoms with E-state index in [1.807, 2.05) is 6.20 Å². The summed E-state index contributed by atoms with van der Waals surface area (Å²) in [4.78, 5) is 2.58. The van der Waals surface area contributed by atoms with Crippen molar-refractivity contribution in [2.75, 3.05) is 18.4 Å². The monoisotopic (exact) mass is 334 g/mol. The number of nitrogens with one attached hydrogen (secondary N) is 2. The Morgan fingerprint density at radius 2 is 2.12 bits per heavy atom. The van der Waals surface area contributed by atoms with Crippen molar-refractivity contribution in [1.82, 2.24) is 15.1 Å². The summed E-state index contributed by atoms with van der Waals surface area (Å²) in [6, 6.07) is 13.7. The van der Waals surface area contributed by atoms with Crippen LogP contribution in [0, 0.1) is 13.8 Å². The third kappa shape index (κ3) is 3.69. The second kappa shape index (κ2) is 6.89. The minimum atomic E-state index is 0.504. The molecule has 0 unspecified atom stereocenters. The number of fused-ring (bicyclic) bond motifs is 1. The van der Waals surface area contributed by atoms with Gasteiger partial charge in [0.15, 0.2) is 0 Å². The van der Waals surface area contributed by atoms with E-state index in [0.717, 1.165) is 24.0 Å². The summed E-state index contributed by atoms with van der Waals surface area (Å²) in [7, 11) is 0. The second-order valence-electron chi connectivity index (χ2n) is 7.32. The molecule has 2 heterocycles. The number of anilines is 1. The lowest BCUT2D eigenvalue weighted by atomic mass is 10.0. The van der Waals surface area contributed by atoms with Gasteiger partial charge in [-0.15, -0.1) is 0 Å². The van der Waals surface area contributed by atoms with Crippen LogP contribution < -0.4 is 5.32 Å². The largest absolute Gasteiger partial charge is 0.381 e. The zero-order chi connectivity index (χ0) is 17.2. The zero-order valence-corrected chi connectivity index (χ0v) is 15.0. The maximum absolute atomic E-state index is 4.10. The first kappa shape index (κ1) is 16.2. The van der Waals surface area contributed by atoms with Gasteiger partial charge in [-0.05, 0) is 62.6 Å². The van der Waals surface area contributed by atoms with E-state index in [0.29, 0.717) is 6.04 Å². The van der Waals surface area contributed by atoms with Crippen molar-refractivity contribution < 1.29 is 0 Å². The molecule has 2 N–H and O–H groups in total. The van der Waals surface area contributed by atoms with E-state index in [1.165, 1.54) is 41.8 Å². The third-order valence-electron chi connectivity index (χ3n) is 5.21. The van der Waals surface area contributed by atoms with Gasteiger partial charge in [-0.2, -0.15) is 5.10 Å². The molecule has 0 amide bonds. The number of likely N-dealkylation sites (tertiary alicyclic amines) is 1. The first-order valence-electron chi connectivity index (χ1n) is 9.15. The fraction of sp³-hybridized carbons (Fsp3) is 0.381. The highest BCUT2D eigenvalue weighted by Gasteiger charge is 2.20. The highest BCUT2D eigenvalue weighted by Crippen LogP contribution is 2.22. The molecule has 1 aliphatic heterocycles. The number of piperidine rings is 1.